The lowest BCUT2D eigenvalue weighted by molar-refractivity contribution is 0.156. The molecule has 0 spiro atoms. The first-order chi connectivity index (χ1) is 14.6. The van der Waals surface area contributed by atoms with Gasteiger partial charge < -0.3 is 5.11 Å². The van der Waals surface area contributed by atoms with Gasteiger partial charge in [0.15, 0.2) is 0 Å². The van der Waals surface area contributed by atoms with E-state index in [9.17, 15) is 14.7 Å². The molecule has 0 unspecified atom stereocenters. The van der Waals surface area contributed by atoms with Gasteiger partial charge in [-0.2, -0.15) is 5.10 Å². The van der Waals surface area contributed by atoms with Gasteiger partial charge in [0, 0.05) is 18.9 Å². The van der Waals surface area contributed by atoms with Crippen molar-refractivity contribution in [2.75, 3.05) is 6.54 Å². The Hall–Kier alpha value is -3.68. The number of aromatic amines is 1. The zero-order valence-electron chi connectivity index (χ0n) is 16.4. The molecule has 154 valence electrons. The SMILES string of the molecule is O=c1[nH]c(=O)n(Cc2ccccc2)c(O)c1/C=N/N1CCCC[C@H]1c1cccnc1. The number of hydrazone groups is 1. The maximum atomic E-state index is 12.3. The van der Waals surface area contributed by atoms with Crippen LogP contribution in [0.1, 0.15) is 42.0 Å². The molecule has 2 N–H and O–H groups in total. The van der Waals surface area contributed by atoms with Crippen molar-refractivity contribution < 1.29 is 5.11 Å². The molecule has 3 aromatic rings. The summed E-state index contributed by atoms with van der Waals surface area (Å²) in [6, 6.07) is 13.2. The van der Waals surface area contributed by atoms with Crippen molar-refractivity contribution in [1.29, 1.82) is 0 Å². The average molecular weight is 405 g/mol. The first kappa shape index (κ1) is 19.6. The minimum atomic E-state index is -0.666. The molecule has 1 aliphatic rings. The third-order valence-electron chi connectivity index (χ3n) is 5.27. The number of nitrogens with zero attached hydrogens (tertiary/aromatic N) is 4. The van der Waals surface area contributed by atoms with Crippen LogP contribution >= 0.6 is 0 Å². The first-order valence-electron chi connectivity index (χ1n) is 9.94. The number of aromatic hydroxyl groups is 1. The molecule has 0 radical (unpaired) electrons. The molecule has 2 aromatic heterocycles. The fraction of sp³-hybridized carbons (Fsp3) is 0.273. The lowest BCUT2D eigenvalue weighted by atomic mass is 9.98. The number of H-pyrrole nitrogens is 1. The van der Waals surface area contributed by atoms with Crippen molar-refractivity contribution in [1.82, 2.24) is 19.5 Å². The summed E-state index contributed by atoms with van der Waals surface area (Å²) in [6.07, 6.45) is 7.89. The lowest BCUT2D eigenvalue weighted by Gasteiger charge is -2.33. The first-order valence-corrected chi connectivity index (χ1v) is 9.94. The number of rotatable bonds is 5. The number of nitrogens with one attached hydrogen (secondary N) is 1. The standard InChI is InChI=1S/C22H23N5O3/c28-20-18(21(29)26(22(30)25-20)15-16-7-2-1-3-8-16)14-24-27-12-5-4-10-19(27)17-9-6-11-23-13-17/h1-3,6-9,11,13-14,19,29H,4-5,10,12,15H2,(H,25,28,30)/b24-14+/t19-/m0/s1. The Morgan fingerprint density at radius 3 is 2.77 bits per heavy atom. The summed E-state index contributed by atoms with van der Waals surface area (Å²) in [6.45, 7) is 0.879. The largest absolute Gasteiger partial charge is 0.494 e. The molecule has 8 nitrogen and oxygen atoms in total. The molecule has 30 heavy (non-hydrogen) atoms. The van der Waals surface area contributed by atoms with Crippen molar-refractivity contribution in [3.63, 3.8) is 0 Å². The van der Waals surface area contributed by atoms with Gasteiger partial charge in [-0.1, -0.05) is 36.4 Å². The third kappa shape index (κ3) is 4.17. The van der Waals surface area contributed by atoms with E-state index in [4.69, 9.17) is 0 Å². The summed E-state index contributed by atoms with van der Waals surface area (Å²) in [5, 5.41) is 17.1. The number of hydrogen-bond acceptors (Lipinski definition) is 6. The smallest absolute Gasteiger partial charge is 0.331 e. The van der Waals surface area contributed by atoms with Crippen LogP contribution in [-0.2, 0) is 6.54 Å². The van der Waals surface area contributed by atoms with Gasteiger partial charge in [0.25, 0.3) is 5.56 Å². The second kappa shape index (κ2) is 8.77. The van der Waals surface area contributed by atoms with E-state index in [1.807, 2.05) is 53.7 Å². The molecule has 8 heteroatoms. The van der Waals surface area contributed by atoms with Crippen LogP contribution in [0.2, 0.25) is 0 Å². The Morgan fingerprint density at radius 1 is 1.17 bits per heavy atom. The highest BCUT2D eigenvalue weighted by molar-refractivity contribution is 5.81. The van der Waals surface area contributed by atoms with E-state index < -0.39 is 17.1 Å². The predicted molar refractivity (Wildman–Crippen MR) is 114 cm³/mol. The van der Waals surface area contributed by atoms with Crippen molar-refractivity contribution in [2.24, 2.45) is 5.10 Å². The number of piperidine rings is 1. The van der Waals surface area contributed by atoms with Gasteiger partial charge in [-0.05, 0) is 36.5 Å². The molecule has 1 fully saturated rings. The van der Waals surface area contributed by atoms with Gasteiger partial charge in [0.05, 0.1) is 18.8 Å². The van der Waals surface area contributed by atoms with Crippen LogP contribution in [0.3, 0.4) is 0 Å². The van der Waals surface area contributed by atoms with Crippen LogP contribution < -0.4 is 11.2 Å². The fourth-order valence-corrected chi connectivity index (χ4v) is 3.70. The topological polar surface area (TPSA) is 104 Å². The van der Waals surface area contributed by atoms with Gasteiger partial charge >= 0.3 is 5.69 Å². The number of aromatic nitrogens is 3. The molecule has 0 bridgehead atoms. The van der Waals surface area contributed by atoms with E-state index in [0.717, 1.165) is 41.5 Å². The van der Waals surface area contributed by atoms with Gasteiger partial charge in [-0.15, -0.1) is 0 Å². The summed E-state index contributed by atoms with van der Waals surface area (Å²) in [7, 11) is 0. The third-order valence-corrected chi connectivity index (χ3v) is 5.27. The molecule has 4 rings (SSSR count). The predicted octanol–water partition coefficient (Wildman–Crippen LogP) is 2.25. The molecule has 0 amide bonds. The summed E-state index contributed by atoms with van der Waals surface area (Å²) in [5.41, 5.74) is 0.519. The van der Waals surface area contributed by atoms with Gasteiger partial charge in [0.1, 0.15) is 5.56 Å². The number of hydrogen-bond donors (Lipinski definition) is 2. The highest BCUT2D eigenvalue weighted by Gasteiger charge is 2.23. The minimum Gasteiger partial charge on any atom is -0.494 e. The second-order valence-corrected chi connectivity index (χ2v) is 7.27. The number of benzene rings is 1. The Morgan fingerprint density at radius 2 is 2.00 bits per heavy atom. The van der Waals surface area contributed by atoms with E-state index in [0.29, 0.717) is 0 Å². The Bertz CT molecular complexity index is 1140. The van der Waals surface area contributed by atoms with Crippen LogP contribution in [-0.4, -0.2) is 37.4 Å². The van der Waals surface area contributed by atoms with Gasteiger partial charge in [-0.25, -0.2) is 4.79 Å². The van der Waals surface area contributed by atoms with Crippen LogP contribution in [0.5, 0.6) is 5.88 Å². The maximum Gasteiger partial charge on any atom is 0.331 e. The molecule has 1 atom stereocenters. The monoisotopic (exact) mass is 405 g/mol. The Kier molecular flexibility index (Phi) is 5.74. The van der Waals surface area contributed by atoms with E-state index >= 15 is 0 Å². The minimum absolute atomic E-state index is 0.0407. The fourth-order valence-electron chi connectivity index (χ4n) is 3.70. The quantitative estimate of drug-likeness (QED) is 0.634. The van der Waals surface area contributed by atoms with E-state index in [1.54, 1.807) is 6.20 Å². The van der Waals surface area contributed by atoms with Crippen molar-refractivity contribution >= 4 is 6.21 Å². The van der Waals surface area contributed by atoms with E-state index in [2.05, 4.69) is 15.1 Å². The van der Waals surface area contributed by atoms with Crippen LogP contribution in [0.25, 0.3) is 0 Å². The normalized spacial score (nSPS) is 16.8. The van der Waals surface area contributed by atoms with Crippen LogP contribution in [0, 0.1) is 0 Å². The molecule has 0 aliphatic carbocycles. The molecular formula is C22H23N5O3. The van der Waals surface area contributed by atoms with Gasteiger partial charge in [-0.3, -0.25) is 24.3 Å². The van der Waals surface area contributed by atoms with Crippen molar-refractivity contribution in [2.45, 2.75) is 31.8 Å². The second-order valence-electron chi connectivity index (χ2n) is 7.27. The van der Waals surface area contributed by atoms with Crippen LogP contribution in [0.15, 0.2) is 69.5 Å². The van der Waals surface area contributed by atoms with Crippen molar-refractivity contribution in [3.05, 3.63) is 92.4 Å². The molecule has 0 saturated carbocycles. The van der Waals surface area contributed by atoms with Crippen LogP contribution in [0.4, 0.5) is 0 Å². The summed E-state index contributed by atoms with van der Waals surface area (Å²) >= 11 is 0. The van der Waals surface area contributed by atoms with Gasteiger partial charge in [0.2, 0.25) is 5.88 Å². The van der Waals surface area contributed by atoms with Crippen molar-refractivity contribution in [3.8, 4) is 5.88 Å². The molecule has 1 aromatic carbocycles. The lowest BCUT2D eigenvalue weighted by Crippen LogP contribution is -2.33. The summed E-state index contributed by atoms with van der Waals surface area (Å²) < 4.78 is 1.13. The number of pyridine rings is 1. The summed E-state index contributed by atoms with van der Waals surface area (Å²) in [5.74, 6) is -0.397. The zero-order valence-corrected chi connectivity index (χ0v) is 16.4. The zero-order chi connectivity index (χ0) is 20.9. The average Bonchev–Trinajstić information content (AvgIpc) is 2.78. The molecular weight excluding hydrogens is 382 g/mol. The highest BCUT2D eigenvalue weighted by Crippen LogP contribution is 2.30. The maximum absolute atomic E-state index is 12.3. The highest BCUT2D eigenvalue weighted by atomic mass is 16.3. The molecule has 3 heterocycles. The summed E-state index contributed by atoms with van der Waals surface area (Å²) in [4.78, 5) is 31.0. The van der Waals surface area contributed by atoms with E-state index in [1.165, 1.54) is 6.21 Å². The molecule has 1 aliphatic heterocycles. The molecule has 1 saturated heterocycles. The Balaban J connectivity index is 1.65. The van der Waals surface area contributed by atoms with E-state index in [-0.39, 0.29) is 18.2 Å². The Labute approximate surface area is 173 Å².